The number of amides is 1. The summed E-state index contributed by atoms with van der Waals surface area (Å²) in [5.41, 5.74) is 0.676. The molecule has 1 amide bonds. The Bertz CT molecular complexity index is 743. The molecule has 1 aromatic carbocycles. The number of halogens is 1. The molecule has 0 saturated carbocycles. The summed E-state index contributed by atoms with van der Waals surface area (Å²) in [5, 5.41) is 2.12. The van der Waals surface area contributed by atoms with Crippen molar-refractivity contribution in [1.82, 2.24) is 9.80 Å². The maximum atomic E-state index is 12.9. The molecule has 1 fully saturated rings. The van der Waals surface area contributed by atoms with Crippen LogP contribution in [0, 0.1) is 3.57 Å². The lowest BCUT2D eigenvalue weighted by atomic mass is 10.1. The molecule has 2 heterocycles. The smallest absolute Gasteiger partial charge is 0.255 e. The molecular formula is C19H23IN2O3S. The summed E-state index contributed by atoms with van der Waals surface area (Å²) in [7, 11) is 3.19. The number of nitrogens with zero attached hydrogens (tertiary/aromatic N) is 2. The summed E-state index contributed by atoms with van der Waals surface area (Å²) in [6.07, 6.45) is 1.08. The molecule has 0 aliphatic carbocycles. The Labute approximate surface area is 172 Å². The Hall–Kier alpha value is -1.32. The minimum atomic E-state index is 0.0632. The first kappa shape index (κ1) is 19.4. The van der Waals surface area contributed by atoms with Gasteiger partial charge in [0.05, 0.1) is 19.8 Å². The SMILES string of the molecule is COc1cc(I)c(C(=O)N2CCN(CCc3cccs3)CC2)cc1OC. The Morgan fingerprint density at radius 2 is 1.85 bits per heavy atom. The summed E-state index contributed by atoms with van der Waals surface area (Å²) in [6.45, 7) is 4.40. The molecule has 26 heavy (non-hydrogen) atoms. The van der Waals surface area contributed by atoms with Gasteiger partial charge in [-0.25, -0.2) is 0 Å². The third-order valence-corrected chi connectivity index (χ3v) is 6.45. The summed E-state index contributed by atoms with van der Waals surface area (Å²) >= 11 is 3.99. The molecule has 7 heteroatoms. The van der Waals surface area contributed by atoms with E-state index in [4.69, 9.17) is 9.47 Å². The van der Waals surface area contributed by atoms with Gasteiger partial charge in [-0.1, -0.05) is 6.07 Å². The molecule has 1 aliphatic heterocycles. The van der Waals surface area contributed by atoms with Gasteiger partial charge in [-0.3, -0.25) is 9.69 Å². The van der Waals surface area contributed by atoms with Crippen molar-refractivity contribution in [2.24, 2.45) is 0 Å². The molecule has 0 spiro atoms. The highest BCUT2D eigenvalue weighted by Gasteiger charge is 2.24. The molecule has 5 nitrogen and oxygen atoms in total. The summed E-state index contributed by atoms with van der Waals surface area (Å²) in [6, 6.07) is 7.92. The first-order valence-electron chi connectivity index (χ1n) is 8.58. The number of hydrogen-bond acceptors (Lipinski definition) is 5. The Morgan fingerprint density at radius 1 is 1.15 bits per heavy atom. The molecule has 1 aromatic heterocycles. The van der Waals surface area contributed by atoms with E-state index in [1.165, 1.54) is 4.88 Å². The third kappa shape index (κ3) is 4.50. The van der Waals surface area contributed by atoms with Gasteiger partial charge < -0.3 is 14.4 Å². The van der Waals surface area contributed by atoms with Gasteiger partial charge in [0.15, 0.2) is 11.5 Å². The Kier molecular flexibility index (Phi) is 6.77. The van der Waals surface area contributed by atoms with Crippen molar-refractivity contribution >= 4 is 39.8 Å². The fourth-order valence-corrected chi connectivity index (χ4v) is 4.45. The van der Waals surface area contributed by atoms with E-state index in [0.29, 0.717) is 17.1 Å². The van der Waals surface area contributed by atoms with Crippen molar-refractivity contribution < 1.29 is 14.3 Å². The minimum absolute atomic E-state index is 0.0632. The molecule has 2 aromatic rings. The number of thiophene rings is 1. The van der Waals surface area contributed by atoms with Crippen LogP contribution in [0.4, 0.5) is 0 Å². The summed E-state index contributed by atoms with van der Waals surface area (Å²) in [5.74, 6) is 1.30. The standard InChI is InChI=1S/C19H23IN2O3S/c1-24-17-12-15(16(20)13-18(17)25-2)19(23)22-9-7-21(8-10-22)6-5-14-4-3-11-26-14/h3-4,11-13H,5-10H2,1-2H3. The van der Waals surface area contributed by atoms with Crippen LogP contribution in [0.2, 0.25) is 0 Å². The molecule has 1 saturated heterocycles. The number of methoxy groups -OCH3 is 2. The molecule has 1 aliphatic rings. The van der Waals surface area contributed by atoms with Gasteiger partial charge in [-0.05, 0) is 52.6 Å². The predicted octanol–water partition coefficient (Wildman–Crippen LogP) is 3.37. The highest BCUT2D eigenvalue weighted by atomic mass is 127. The summed E-state index contributed by atoms with van der Waals surface area (Å²) < 4.78 is 11.5. The second-order valence-corrected chi connectivity index (χ2v) is 8.34. The van der Waals surface area contributed by atoms with E-state index >= 15 is 0 Å². The highest BCUT2D eigenvalue weighted by Crippen LogP contribution is 2.32. The number of benzene rings is 1. The lowest BCUT2D eigenvalue weighted by molar-refractivity contribution is 0.0637. The van der Waals surface area contributed by atoms with Gasteiger partial charge >= 0.3 is 0 Å². The van der Waals surface area contributed by atoms with Crippen LogP contribution in [0.3, 0.4) is 0 Å². The fraction of sp³-hybridized carbons (Fsp3) is 0.421. The maximum Gasteiger partial charge on any atom is 0.255 e. The van der Waals surface area contributed by atoms with Gasteiger partial charge in [0.2, 0.25) is 0 Å². The second kappa shape index (κ2) is 9.05. The molecule has 0 unspecified atom stereocenters. The maximum absolute atomic E-state index is 12.9. The van der Waals surface area contributed by atoms with Crippen LogP contribution >= 0.6 is 33.9 Å². The third-order valence-electron chi connectivity index (χ3n) is 4.62. The molecule has 0 bridgehead atoms. The van der Waals surface area contributed by atoms with Crippen LogP contribution in [0.15, 0.2) is 29.6 Å². The lowest BCUT2D eigenvalue weighted by Crippen LogP contribution is -2.49. The molecule has 3 rings (SSSR count). The number of ether oxygens (including phenoxy) is 2. The Morgan fingerprint density at radius 3 is 2.46 bits per heavy atom. The molecule has 0 atom stereocenters. The van der Waals surface area contributed by atoms with Crippen LogP contribution < -0.4 is 9.47 Å². The summed E-state index contributed by atoms with van der Waals surface area (Å²) in [4.78, 5) is 18.7. The van der Waals surface area contributed by atoms with Gasteiger partial charge in [-0.2, -0.15) is 0 Å². The lowest BCUT2D eigenvalue weighted by Gasteiger charge is -2.35. The van der Waals surface area contributed by atoms with E-state index in [-0.39, 0.29) is 5.91 Å². The van der Waals surface area contributed by atoms with Crippen molar-refractivity contribution in [3.8, 4) is 11.5 Å². The van der Waals surface area contributed by atoms with Crippen molar-refractivity contribution in [3.63, 3.8) is 0 Å². The van der Waals surface area contributed by atoms with E-state index in [0.717, 1.165) is 42.7 Å². The Balaban J connectivity index is 1.59. The predicted molar refractivity (Wildman–Crippen MR) is 113 cm³/mol. The molecule has 0 N–H and O–H groups in total. The van der Waals surface area contributed by atoms with Crippen LogP contribution in [-0.2, 0) is 6.42 Å². The largest absolute Gasteiger partial charge is 0.493 e. The van der Waals surface area contributed by atoms with Gasteiger partial charge in [0.1, 0.15) is 0 Å². The second-order valence-electron chi connectivity index (χ2n) is 6.15. The highest BCUT2D eigenvalue weighted by molar-refractivity contribution is 14.1. The number of hydrogen-bond donors (Lipinski definition) is 0. The van der Waals surface area contributed by atoms with Gasteiger partial charge in [0.25, 0.3) is 5.91 Å². The van der Waals surface area contributed by atoms with Crippen molar-refractivity contribution in [1.29, 1.82) is 0 Å². The zero-order valence-electron chi connectivity index (χ0n) is 15.0. The van der Waals surface area contributed by atoms with Gasteiger partial charge in [0, 0.05) is 41.2 Å². The van der Waals surface area contributed by atoms with Crippen molar-refractivity contribution in [2.45, 2.75) is 6.42 Å². The molecule has 0 radical (unpaired) electrons. The quantitative estimate of drug-likeness (QED) is 0.588. The van der Waals surface area contributed by atoms with Crippen LogP contribution in [0.1, 0.15) is 15.2 Å². The van der Waals surface area contributed by atoms with E-state index in [9.17, 15) is 4.79 Å². The van der Waals surface area contributed by atoms with E-state index in [1.807, 2.05) is 22.3 Å². The number of piperazine rings is 1. The van der Waals surface area contributed by atoms with E-state index in [1.54, 1.807) is 20.3 Å². The van der Waals surface area contributed by atoms with Crippen LogP contribution in [0.25, 0.3) is 0 Å². The van der Waals surface area contributed by atoms with Crippen molar-refractivity contribution in [3.05, 3.63) is 43.7 Å². The monoisotopic (exact) mass is 486 g/mol. The van der Waals surface area contributed by atoms with Gasteiger partial charge in [-0.15, -0.1) is 11.3 Å². The van der Waals surface area contributed by atoms with Crippen LogP contribution in [0.5, 0.6) is 11.5 Å². The van der Waals surface area contributed by atoms with Crippen LogP contribution in [-0.4, -0.2) is 62.7 Å². The molecule has 140 valence electrons. The van der Waals surface area contributed by atoms with E-state index in [2.05, 4.69) is 45.0 Å². The zero-order chi connectivity index (χ0) is 18.5. The molecular weight excluding hydrogens is 463 g/mol. The fourth-order valence-electron chi connectivity index (χ4n) is 3.09. The average Bonchev–Trinajstić information content (AvgIpc) is 3.19. The normalized spacial score (nSPS) is 15.1. The number of carbonyl (C=O) groups excluding carboxylic acids is 1. The average molecular weight is 486 g/mol. The number of rotatable bonds is 6. The first-order chi connectivity index (χ1) is 12.6. The topological polar surface area (TPSA) is 42.0 Å². The minimum Gasteiger partial charge on any atom is -0.493 e. The van der Waals surface area contributed by atoms with E-state index < -0.39 is 0 Å². The number of carbonyl (C=O) groups is 1. The first-order valence-corrected chi connectivity index (χ1v) is 10.5. The zero-order valence-corrected chi connectivity index (χ0v) is 18.0. The van der Waals surface area contributed by atoms with Crippen molar-refractivity contribution in [2.75, 3.05) is 46.9 Å².